The van der Waals surface area contributed by atoms with Crippen molar-refractivity contribution in [2.24, 2.45) is 0 Å². The highest BCUT2D eigenvalue weighted by Gasteiger charge is 2.20. The molecule has 0 saturated heterocycles. The van der Waals surface area contributed by atoms with Gasteiger partial charge in [-0.1, -0.05) is 0 Å². The highest BCUT2D eigenvalue weighted by molar-refractivity contribution is 5.86. The number of aliphatic hydroxyl groups is 1. The fourth-order valence-corrected chi connectivity index (χ4v) is 1.22. The second-order valence-electron chi connectivity index (χ2n) is 5.03. The molecule has 110 valence electrons. The Morgan fingerprint density at radius 2 is 1.79 bits per heavy atom. The molecule has 0 spiro atoms. The Kier molecular flexibility index (Phi) is 6.84. The van der Waals surface area contributed by atoms with Gasteiger partial charge < -0.3 is 26.2 Å². The summed E-state index contributed by atoms with van der Waals surface area (Å²) in [4.78, 5) is 33.5. The monoisotopic (exact) mass is 275 g/mol. The molecule has 0 bridgehead atoms. The lowest BCUT2D eigenvalue weighted by Crippen LogP contribution is -2.50. The molecule has 8 nitrogen and oxygen atoms in total. The SMILES string of the molecule is CC(C)(C)NC(=O)CNC(=O)N[C@H](CCO)C(=O)O. The highest BCUT2D eigenvalue weighted by Crippen LogP contribution is 1.97. The smallest absolute Gasteiger partial charge is 0.326 e. The molecule has 19 heavy (non-hydrogen) atoms. The second-order valence-corrected chi connectivity index (χ2v) is 5.03. The minimum Gasteiger partial charge on any atom is -0.480 e. The number of carboxylic acid groups (broad SMARTS) is 1. The van der Waals surface area contributed by atoms with E-state index in [1.807, 2.05) is 0 Å². The lowest BCUT2D eigenvalue weighted by atomic mass is 10.1. The van der Waals surface area contributed by atoms with Crippen LogP contribution in [0.2, 0.25) is 0 Å². The van der Waals surface area contributed by atoms with Crippen LogP contribution < -0.4 is 16.0 Å². The standard InChI is InChI=1S/C11H21N3O5/c1-11(2,3)14-8(16)6-12-10(19)13-7(4-5-15)9(17)18/h7,15H,4-6H2,1-3H3,(H,14,16)(H,17,18)(H2,12,13,19)/t7-/m1/s1. The van der Waals surface area contributed by atoms with Crippen molar-refractivity contribution in [2.45, 2.75) is 38.8 Å². The van der Waals surface area contributed by atoms with E-state index in [1.54, 1.807) is 20.8 Å². The Hall–Kier alpha value is -1.83. The number of carbonyl (C=O) groups is 3. The first-order chi connectivity index (χ1) is 8.65. The van der Waals surface area contributed by atoms with Gasteiger partial charge in [0.2, 0.25) is 5.91 Å². The molecule has 0 fully saturated rings. The van der Waals surface area contributed by atoms with E-state index < -0.39 is 23.6 Å². The van der Waals surface area contributed by atoms with Gasteiger partial charge in [-0.05, 0) is 20.8 Å². The van der Waals surface area contributed by atoms with Crippen LogP contribution in [-0.4, -0.2) is 52.9 Å². The number of hydrogen-bond acceptors (Lipinski definition) is 4. The number of rotatable bonds is 6. The Balaban J connectivity index is 4.11. The Morgan fingerprint density at radius 3 is 2.21 bits per heavy atom. The topological polar surface area (TPSA) is 128 Å². The van der Waals surface area contributed by atoms with Gasteiger partial charge in [0.25, 0.3) is 0 Å². The summed E-state index contributed by atoms with van der Waals surface area (Å²) in [5.41, 5.74) is -0.407. The summed E-state index contributed by atoms with van der Waals surface area (Å²) in [6, 6.07) is -1.96. The fraction of sp³-hybridized carbons (Fsp3) is 0.727. The second kappa shape index (κ2) is 7.57. The average molecular weight is 275 g/mol. The number of hydrogen-bond donors (Lipinski definition) is 5. The molecule has 0 aromatic carbocycles. The van der Waals surface area contributed by atoms with Crippen LogP contribution in [0.3, 0.4) is 0 Å². The molecule has 0 aromatic rings. The van der Waals surface area contributed by atoms with Gasteiger partial charge in [0, 0.05) is 18.6 Å². The van der Waals surface area contributed by atoms with Crippen molar-refractivity contribution < 1.29 is 24.6 Å². The van der Waals surface area contributed by atoms with Gasteiger partial charge >= 0.3 is 12.0 Å². The lowest BCUT2D eigenvalue weighted by molar-refractivity contribution is -0.139. The first kappa shape index (κ1) is 17.2. The Morgan fingerprint density at radius 1 is 1.21 bits per heavy atom. The number of amides is 3. The van der Waals surface area contributed by atoms with Crippen LogP contribution in [0.25, 0.3) is 0 Å². The normalized spacial score (nSPS) is 12.4. The maximum absolute atomic E-state index is 11.4. The highest BCUT2D eigenvalue weighted by atomic mass is 16.4. The predicted octanol–water partition coefficient (Wildman–Crippen LogP) is -0.964. The zero-order chi connectivity index (χ0) is 15.1. The van der Waals surface area contributed by atoms with Gasteiger partial charge in [-0.25, -0.2) is 9.59 Å². The fourth-order valence-electron chi connectivity index (χ4n) is 1.22. The summed E-state index contributed by atoms with van der Waals surface area (Å²) in [7, 11) is 0. The number of carboxylic acids is 1. The lowest BCUT2D eigenvalue weighted by Gasteiger charge is -2.21. The van der Waals surface area contributed by atoms with E-state index in [1.165, 1.54) is 0 Å². The number of urea groups is 1. The van der Waals surface area contributed by atoms with Crippen LogP contribution in [0.1, 0.15) is 27.2 Å². The molecule has 0 heterocycles. The molecule has 8 heteroatoms. The van der Waals surface area contributed by atoms with Crippen molar-refractivity contribution in [1.82, 2.24) is 16.0 Å². The average Bonchev–Trinajstić information content (AvgIpc) is 2.23. The Labute approximate surface area is 111 Å². The van der Waals surface area contributed by atoms with E-state index in [4.69, 9.17) is 10.2 Å². The molecule has 5 N–H and O–H groups in total. The largest absolute Gasteiger partial charge is 0.480 e. The third kappa shape index (κ3) is 8.83. The number of aliphatic carboxylic acids is 1. The van der Waals surface area contributed by atoms with Gasteiger partial charge in [0.1, 0.15) is 6.04 Å². The van der Waals surface area contributed by atoms with E-state index in [-0.39, 0.29) is 25.5 Å². The maximum atomic E-state index is 11.4. The summed E-state index contributed by atoms with van der Waals surface area (Å²) < 4.78 is 0. The van der Waals surface area contributed by atoms with Crippen LogP contribution in [0.15, 0.2) is 0 Å². The number of aliphatic hydroxyl groups excluding tert-OH is 1. The van der Waals surface area contributed by atoms with Crippen molar-refractivity contribution in [3.05, 3.63) is 0 Å². The minimum atomic E-state index is -1.25. The van der Waals surface area contributed by atoms with Crippen molar-refractivity contribution in [3.63, 3.8) is 0 Å². The summed E-state index contributed by atoms with van der Waals surface area (Å²) in [6.07, 6.45) is -0.100. The van der Waals surface area contributed by atoms with Gasteiger partial charge in [-0.3, -0.25) is 4.79 Å². The van der Waals surface area contributed by atoms with Gasteiger partial charge in [-0.15, -0.1) is 0 Å². The van der Waals surface area contributed by atoms with Crippen molar-refractivity contribution in [2.75, 3.05) is 13.2 Å². The van der Waals surface area contributed by atoms with Gasteiger partial charge in [-0.2, -0.15) is 0 Å². The van der Waals surface area contributed by atoms with E-state index in [9.17, 15) is 14.4 Å². The van der Waals surface area contributed by atoms with E-state index in [0.717, 1.165) is 0 Å². The van der Waals surface area contributed by atoms with Crippen LogP contribution in [0.4, 0.5) is 4.79 Å². The van der Waals surface area contributed by atoms with E-state index in [2.05, 4.69) is 16.0 Å². The quantitative estimate of drug-likeness (QED) is 0.426. The first-order valence-corrected chi connectivity index (χ1v) is 5.84. The molecule has 0 rings (SSSR count). The van der Waals surface area contributed by atoms with E-state index in [0.29, 0.717) is 0 Å². The zero-order valence-corrected chi connectivity index (χ0v) is 11.3. The molecule has 0 aromatic heterocycles. The van der Waals surface area contributed by atoms with E-state index >= 15 is 0 Å². The zero-order valence-electron chi connectivity index (χ0n) is 11.3. The van der Waals surface area contributed by atoms with Crippen LogP contribution in [0.5, 0.6) is 0 Å². The molecular weight excluding hydrogens is 254 g/mol. The maximum Gasteiger partial charge on any atom is 0.326 e. The molecule has 0 aliphatic heterocycles. The molecule has 0 aliphatic carbocycles. The Bertz CT molecular complexity index is 338. The van der Waals surface area contributed by atoms with Crippen molar-refractivity contribution in [3.8, 4) is 0 Å². The third-order valence-electron chi connectivity index (χ3n) is 1.95. The molecule has 0 aliphatic rings. The molecule has 0 unspecified atom stereocenters. The minimum absolute atomic E-state index is 0.100. The summed E-state index contributed by atoms with van der Waals surface area (Å²) in [5, 5.41) is 24.4. The molecular formula is C11H21N3O5. The van der Waals surface area contributed by atoms with Crippen LogP contribution in [0, 0.1) is 0 Å². The van der Waals surface area contributed by atoms with Crippen molar-refractivity contribution in [1.29, 1.82) is 0 Å². The molecule has 3 amide bonds. The van der Waals surface area contributed by atoms with Crippen molar-refractivity contribution >= 4 is 17.9 Å². The number of nitrogens with one attached hydrogen (secondary N) is 3. The van der Waals surface area contributed by atoms with Crippen LogP contribution >= 0.6 is 0 Å². The summed E-state index contributed by atoms with van der Waals surface area (Å²) in [5.74, 6) is -1.62. The van der Waals surface area contributed by atoms with Gasteiger partial charge in [0.15, 0.2) is 0 Å². The summed E-state index contributed by atoms with van der Waals surface area (Å²) >= 11 is 0. The third-order valence-corrected chi connectivity index (χ3v) is 1.95. The van der Waals surface area contributed by atoms with Gasteiger partial charge in [0.05, 0.1) is 6.54 Å². The molecule has 0 saturated carbocycles. The molecule has 1 atom stereocenters. The first-order valence-electron chi connectivity index (χ1n) is 5.84. The predicted molar refractivity (Wildman–Crippen MR) is 67.6 cm³/mol. The van der Waals surface area contributed by atoms with Crippen LogP contribution in [-0.2, 0) is 9.59 Å². The summed E-state index contributed by atoms with van der Waals surface area (Å²) in [6.45, 7) is 4.78. The molecule has 0 radical (unpaired) electrons. The number of carbonyl (C=O) groups excluding carboxylic acids is 2.